The van der Waals surface area contributed by atoms with Gasteiger partial charge in [0, 0.05) is 18.1 Å². The number of nitrogens with zero attached hydrogens (tertiary/aromatic N) is 2. The molecule has 1 aliphatic heterocycles. The van der Waals surface area contributed by atoms with Crippen LogP contribution in [0, 0.1) is 5.92 Å². The lowest BCUT2D eigenvalue weighted by atomic mass is 9.95. The normalized spacial score (nSPS) is 17.0. The van der Waals surface area contributed by atoms with Crippen LogP contribution in [0.15, 0.2) is 67.3 Å². The van der Waals surface area contributed by atoms with E-state index in [1.54, 1.807) is 12.5 Å². The quantitative estimate of drug-likeness (QED) is 0.788. The molecular formula is C21H21N3O2. The van der Waals surface area contributed by atoms with Gasteiger partial charge in [0.25, 0.3) is 0 Å². The Morgan fingerprint density at radius 3 is 2.81 bits per heavy atom. The van der Waals surface area contributed by atoms with Gasteiger partial charge in [-0.05, 0) is 42.7 Å². The number of hydrogen-bond donors (Lipinski definition) is 1. The Bertz CT molecular complexity index is 888. The number of para-hydroxylation sites is 1. The molecule has 1 aliphatic rings. The van der Waals surface area contributed by atoms with Crippen LogP contribution < -0.4 is 10.1 Å². The van der Waals surface area contributed by atoms with Gasteiger partial charge in [0.1, 0.15) is 12.4 Å². The molecule has 4 rings (SSSR count). The summed E-state index contributed by atoms with van der Waals surface area (Å²) >= 11 is 0. The Balaban J connectivity index is 1.40. The molecule has 0 saturated heterocycles. The first-order valence-corrected chi connectivity index (χ1v) is 8.80. The highest BCUT2D eigenvalue weighted by molar-refractivity contribution is 5.80. The van der Waals surface area contributed by atoms with Crippen LogP contribution in [0.25, 0.3) is 5.69 Å². The standard InChI is InChI=1S/C21H21N3O2/c1-15(16-6-8-19(9-7-16)24-11-10-22-14-24)23-21(25)18-12-17-4-2-3-5-20(17)26-13-18/h2-11,14-15,18H,12-13H2,1H3,(H,23,25). The first-order valence-electron chi connectivity index (χ1n) is 8.80. The molecule has 2 atom stereocenters. The molecular weight excluding hydrogens is 326 g/mol. The number of hydrogen-bond acceptors (Lipinski definition) is 3. The number of rotatable bonds is 4. The molecule has 0 bridgehead atoms. The Morgan fingerprint density at radius 1 is 1.23 bits per heavy atom. The second-order valence-corrected chi connectivity index (χ2v) is 6.61. The fourth-order valence-corrected chi connectivity index (χ4v) is 3.26. The van der Waals surface area contributed by atoms with E-state index in [9.17, 15) is 4.79 Å². The van der Waals surface area contributed by atoms with Gasteiger partial charge in [-0.1, -0.05) is 30.3 Å². The monoisotopic (exact) mass is 347 g/mol. The van der Waals surface area contributed by atoms with Gasteiger partial charge in [-0.2, -0.15) is 0 Å². The van der Waals surface area contributed by atoms with Crippen molar-refractivity contribution >= 4 is 5.91 Å². The summed E-state index contributed by atoms with van der Waals surface area (Å²) in [5, 5.41) is 3.11. The summed E-state index contributed by atoms with van der Waals surface area (Å²) in [5.41, 5.74) is 3.21. The molecule has 132 valence electrons. The second-order valence-electron chi connectivity index (χ2n) is 6.61. The van der Waals surface area contributed by atoms with Crippen molar-refractivity contribution in [2.75, 3.05) is 6.61 Å². The van der Waals surface area contributed by atoms with Crippen LogP contribution >= 0.6 is 0 Å². The lowest BCUT2D eigenvalue weighted by Gasteiger charge is -2.26. The number of ether oxygens (including phenoxy) is 1. The molecule has 26 heavy (non-hydrogen) atoms. The van der Waals surface area contributed by atoms with Crippen molar-refractivity contribution in [2.24, 2.45) is 5.92 Å². The fraction of sp³-hybridized carbons (Fsp3) is 0.238. The van der Waals surface area contributed by atoms with Crippen LogP contribution in [0.5, 0.6) is 5.75 Å². The highest BCUT2D eigenvalue weighted by Crippen LogP contribution is 2.27. The van der Waals surface area contributed by atoms with E-state index in [0.717, 1.165) is 22.6 Å². The molecule has 0 radical (unpaired) electrons. The predicted molar refractivity (Wildman–Crippen MR) is 99.3 cm³/mol. The van der Waals surface area contributed by atoms with Gasteiger partial charge >= 0.3 is 0 Å². The van der Waals surface area contributed by atoms with Crippen molar-refractivity contribution in [1.82, 2.24) is 14.9 Å². The van der Waals surface area contributed by atoms with Crippen LogP contribution in [0.1, 0.15) is 24.1 Å². The number of fused-ring (bicyclic) bond motifs is 1. The Kier molecular flexibility index (Phi) is 4.44. The first kappa shape index (κ1) is 16.4. The third-order valence-corrected chi connectivity index (χ3v) is 4.80. The molecule has 5 heteroatoms. The third-order valence-electron chi connectivity index (χ3n) is 4.80. The molecule has 1 amide bonds. The van der Waals surface area contributed by atoms with E-state index in [1.165, 1.54) is 0 Å². The van der Waals surface area contributed by atoms with Crippen molar-refractivity contribution in [1.29, 1.82) is 0 Å². The van der Waals surface area contributed by atoms with Gasteiger partial charge in [-0.3, -0.25) is 4.79 Å². The minimum Gasteiger partial charge on any atom is -0.492 e. The summed E-state index contributed by atoms with van der Waals surface area (Å²) < 4.78 is 7.68. The molecule has 1 N–H and O–H groups in total. The number of aromatic nitrogens is 2. The number of carbonyl (C=O) groups excluding carboxylic acids is 1. The Hall–Kier alpha value is -3.08. The summed E-state index contributed by atoms with van der Waals surface area (Å²) in [5.74, 6) is 0.767. The lowest BCUT2D eigenvalue weighted by molar-refractivity contribution is -0.126. The second kappa shape index (κ2) is 7.04. The van der Waals surface area contributed by atoms with Gasteiger partial charge in [-0.15, -0.1) is 0 Å². The zero-order valence-corrected chi connectivity index (χ0v) is 14.6. The van der Waals surface area contributed by atoms with Crippen molar-refractivity contribution in [3.05, 3.63) is 78.4 Å². The summed E-state index contributed by atoms with van der Waals surface area (Å²) in [6.45, 7) is 2.43. The largest absolute Gasteiger partial charge is 0.492 e. The smallest absolute Gasteiger partial charge is 0.227 e. The highest BCUT2D eigenvalue weighted by atomic mass is 16.5. The third kappa shape index (κ3) is 3.33. The Labute approximate surface area is 152 Å². The zero-order chi connectivity index (χ0) is 17.9. The maximum absolute atomic E-state index is 12.6. The van der Waals surface area contributed by atoms with Gasteiger partial charge in [0.15, 0.2) is 0 Å². The van der Waals surface area contributed by atoms with E-state index in [-0.39, 0.29) is 17.9 Å². The molecule has 5 nitrogen and oxygen atoms in total. The van der Waals surface area contributed by atoms with Crippen molar-refractivity contribution in [2.45, 2.75) is 19.4 Å². The number of benzene rings is 2. The van der Waals surface area contributed by atoms with Crippen LogP contribution in [-0.4, -0.2) is 22.1 Å². The number of amides is 1. The van der Waals surface area contributed by atoms with E-state index < -0.39 is 0 Å². The molecule has 2 unspecified atom stereocenters. The fourth-order valence-electron chi connectivity index (χ4n) is 3.26. The summed E-state index contributed by atoms with van der Waals surface area (Å²) in [4.78, 5) is 16.7. The van der Waals surface area contributed by atoms with Crippen LogP contribution in [-0.2, 0) is 11.2 Å². The van der Waals surface area contributed by atoms with Crippen molar-refractivity contribution < 1.29 is 9.53 Å². The molecule has 0 spiro atoms. The summed E-state index contributed by atoms with van der Waals surface area (Å²) in [6, 6.07) is 16.0. The van der Waals surface area contributed by atoms with Crippen LogP contribution in [0.4, 0.5) is 0 Å². The zero-order valence-electron chi connectivity index (χ0n) is 14.6. The molecule has 2 heterocycles. The minimum atomic E-state index is -0.155. The molecule has 0 aliphatic carbocycles. The van der Waals surface area contributed by atoms with Crippen molar-refractivity contribution in [3.63, 3.8) is 0 Å². The highest BCUT2D eigenvalue weighted by Gasteiger charge is 2.26. The first-order chi connectivity index (χ1) is 12.7. The SMILES string of the molecule is CC(NC(=O)C1COc2ccccc2C1)c1ccc(-n2ccnc2)cc1. The molecule has 3 aromatic rings. The average molecular weight is 347 g/mol. The number of imidazole rings is 1. The van der Waals surface area contributed by atoms with E-state index in [1.807, 2.05) is 66.2 Å². The molecule has 1 aromatic heterocycles. The predicted octanol–water partition coefficient (Wildman–Crippen LogP) is 3.30. The maximum Gasteiger partial charge on any atom is 0.227 e. The molecule has 0 saturated carbocycles. The van der Waals surface area contributed by atoms with E-state index in [2.05, 4.69) is 10.3 Å². The van der Waals surface area contributed by atoms with E-state index in [0.29, 0.717) is 13.0 Å². The topological polar surface area (TPSA) is 56.1 Å². The lowest BCUT2D eigenvalue weighted by Crippen LogP contribution is -2.38. The summed E-state index contributed by atoms with van der Waals surface area (Å²) in [6.07, 6.45) is 6.14. The van der Waals surface area contributed by atoms with Gasteiger partial charge in [0.05, 0.1) is 18.3 Å². The molecule has 2 aromatic carbocycles. The molecule has 0 fully saturated rings. The number of carbonyl (C=O) groups is 1. The minimum absolute atomic E-state index is 0.0330. The van der Waals surface area contributed by atoms with Gasteiger partial charge in [-0.25, -0.2) is 4.98 Å². The number of nitrogens with one attached hydrogen (secondary N) is 1. The van der Waals surface area contributed by atoms with Crippen LogP contribution in [0.2, 0.25) is 0 Å². The van der Waals surface area contributed by atoms with E-state index in [4.69, 9.17) is 4.74 Å². The van der Waals surface area contributed by atoms with Gasteiger partial charge in [0.2, 0.25) is 5.91 Å². The summed E-state index contributed by atoms with van der Waals surface area (Å²) in [7, 11) is 0. The average Bonchev–Trinajstić information content (AvgIpc) is 3.22. The van der Waals surface area contributed by atoms with Crippen molar-refractivity contribution in [3.8, 4) is 11.4 Å². The van der Waals surface area contributed by atoms with Gasteiger partial charge < -0.3 is 14.6 Å². The van der Waals surface area contributed by atoms with Crippen LogP contribution in [0.3, 0.4) is 0 Å². The Morgan fingerprint density at radius 2 is 2.04 bits per heavy atom. The maximum atomic E-state index is 12.6. The van der Waals surface area contributed by atoms with E-state index >= 15 is 0 Å².